The molecule has 1 N–H and O–H groups in total. The lowest BCUT2D eigenvalue weighted by atomic mass is 10.1. The maximum absolute atomic E-state index is 11.0. The van der Waals surface area contributed by atoms with Gasteiger partial charge in [0.25, 0.3) is 0 Å². The molecular weight excluding hydrogens is 232 g/mol. The van der Waals surface area contributed by atoms with Gasteiger partial charge in [0, 0.05) is 5.56 Å². The first-order valence-electron chi connectivity index (χ1n) is 5.53. The highest BCUT2D eigenvalue weighted by Gasteiger charge is 2.06. The molecule has 1 rings (SSSR count). The Morgan fingerprint density at radius 3 is 2.72 bits per heavy atom. The van der Waals surface area contributed by atoms with Crippen molar-refractivity contribution >= 4 is 11.9 Å². The van der Waals surface area contributed by atoms with Gasteiger partial charge >= 0.3 is 11.9 Å². The summed E-state index contributed by atoms with van der Waals surface area (Å²) in [6.07, 6.45) is 0.00409. The van der Waals surface area contributed by atoms with Gasteiger partial charge in [-0.25, -0.2) is 4.79 Å². The van der Waals surface area contributed by atoms with Gasteiger partial charge in [-0.2, -0.15) is 0 Å². The average molecular weight is 246 g/mol. The maximum Gasteiger partial charge on any atom is 0.335 e. The second kappa shape index (κ2) is 6.45. The van der Waals surface area contributed by atoms with Crippen LogP contribution in [-0.4, -0.2) is 23.7 Å². The first-order valence-corrected chi connectivity index (χ1v) is 5.53. The van der Waals surface area contributed by atoms with E-state index < -0.39 is 5.97 Å². The van der Waals surface area contributed by atoms with Gasteiger partial charge in [-0.05, 0) is 31.5 Å². The molecule has 0 saturated carbocycles. The largest absolute Gasteiger partial charge is 0.478 e. The number of carbonyl (C=O) groups is 2. The molecule has 4 heteroatoms. The molecular formula is C14H14O4. The third-order valence-corrected chi connectivity index (χ3v) is 2.24. The zero-order valence-corrected chi connectivity index (χ0v) is 10.3. The van der Waals surface area contributed by atoms with Crippen LogP contribution in [0.15, 0.2) is 18.2 Å². The summed E-state index contributed by atoms with van der Waals surface area (Å²) in [5.41, 5.74) is 1.47. The van der Waals surface area contributed by atoms with Gasteiger partial charge < -0.3 is 9.84 Å². The second-order valence-corrected chi connectivity index (χ2v) is 3.62. The van der Waals surface area contributed by atoms with Gasteiger partial charge in [-0.3, -0.25) is 4.79 Å². The van der Waals surface area contributed by atoms with E-state index in [-0.39, 0.29) is 18.0 Å². The van der Waals surface area contributed by atoms with E-state index in [1.807, 2.05) is 0 Å². The van der Waals surface area contributed by atoms with E-state index >= 15 is 0 Å². The van der Waals surface area contributed by atoms with Crippen molar-refractivity contribution in [2.45, 2.75) is 20.3 Å². The number of hydrogen-bond donors (Lipinski definition) is 1. The van der Waals surface area contributed by atoms with Crippen LogP contribution in [0, 0.1) is 18.8 Å². The number of aromatic carboxylic acids is 1. The molecule has 94 valence electrons. The van der Waals surface area contributed by atoms with Crippen molar-refractivity contribution in [2.24, 2.45) is 0 Å². The molecule has 0 aliphatic heterocycles. The lowest BCUT2D eigenvalue weighted by molar-refractivity contribution is -0.141. The molecule has 0 unspecified atom stereocenters. The number of aryl methyl sites for hydroxylation is 1. The van der Waals surface area contributed by atoms with E-state index in [2.05, 4.69) is 11.8 Å². The molecule has 0 aliphatic carbocycles. The van der Waals surface area contributed by atoms with E-state index in [1.165, 1.54) is 6.07 Å². The molecule has 1 aromatic rings. The summed E-state index contributed by atoms with van der Waals surface area (Å²) in [4.78, 5) is 22.0. The molecule has 0 spiro atoms. The molecule has 0 aliphatic rings. The number of carboxylic acids is 1. The van der Waals surface area contributed by atoms with Crippen LogP contribution in [0.25, 0.3) is 0 Å². The molecule has 0 radical (unpaired) electrons. The van der Waals surface area contributed by atoms with Crippen molar-refractivity contribution < 1.29 is 19.4 Å². The minimum atomic E-state index is -0.985. The molecule has 0 saturated heterocycles. The summed E-state index contributed by atoms with van der Waals surface area (Å²) in [7, 11) is 0. The molecule has 0 bridgehead atoms. The molecule has 0 heterocycles. The number of ether oxygens (including phenoxy) is 1. The minimum Gasteiger partial charge on any atom is -0.478 e. The fourth-order valence-electron chi connectivity index (χ4n) is 1.36. The number of hydrogen-bond acceptors (Lipinski definition) is 3. The summed E-state index contributed by atoms with van der Waals surface area (Å²) in [5.74, 6) is 4.03. The van der Waals surface area contributed by atoms with Crippen LogP contribution >= 0.6 is 0 Å². The van der Waals surface area contributed by atoms with E-state index in [4.69, 9.17) is 9.84 Å². The first-order chi connectivity index (χ1) is 8.54. The van der Waals surface area contributed by atoms with Crippen LogP contribution in [0.2, 0.25) is 0 Å². The monoisotopic (exact) mass is 246 g/mol. The molecule has 0 amide bonds. The lowest BCUT2D eigenvalue weighted by Gasteiger charge is -2.00. The topological polar surface area (TPSA) is 63.6 Å². The summed E-state index contributed by atoms with van der Waals surface area (Å²) < 4.78 is 4.73. The SMILES string of the molecule is CCOC(=O)CC#Cc1ccc(C)c(C(=O)O)c1. The molecule has 0 atom stereocenters. The van der Waals surface area contributed by atoms with Crippen LogP contribution in [0.3, 0.4) is 0 Å². The van der Waals surface area contributed by atoms with Gasteiger partial charge in [0.2, 0.25) is 0 Å². The van der Waals surface area contributed by atoms with E-state index in [9.17, 15) is 9.59 Å². The van der Waals surface area contributed by atoms with Crippen LogP contribution < -0.4 is 0 Å². The van der Waals surface area contributed by atoms with Gasteiger partial charge in [0.05, 0.1) is 12.2 Å². The number of benzene rings is 1. The van der Waals surface area contributed by atoms with Crippen molar-refractivity contribution in [1.29, 1.82) is 0 Å². The molecule has 1 aromatic carbocycles. The highest BCUT2D eigenvalue weighted by Crippen LogP contribution is 2.10. The van der Waals surface area contributed by atoms with Crippen LogP contribution in [-0.2, 0) is 9.53 Å². The van der Waals surface area contributed by atoms with Crippen molar-refractivity contribution in [2.75, 3.05) is 6.61 Å². The molecule has 4 nitrogen and oxygen atoms in total. The van der Waals surface area contributed by atoms with Crippen LogP contribution in [0.1, 0.15) is 34.8 Å². The Balaban J connectivity index is 2.80. The quantitative estimate of drug-likeness (QED) is 0.654. The Labute approximate surface area is 106 Å². The highest BCUT2D eigenvalue weighted by molar-refractivity contribution is 5.89. The van der Waals surface area contributed by atoms with E-state index in [1.54, 1.807) is 26.0 Å². The molecule has 18 heavy (non-hydrogen) atoms. The number of carboxylic acid groups (broad SMARTS) is 1. The maximum atomic E-state index is 11.0. The summed E-state index contributed by atoms with van der Waals surface area (Å²) >= 11 is 0. The first kappa shape index (κ1) is 13.8. The van der Waals surface area contributed by atoms with Crippen LogP contribution in [0.4, 0.5) is 0 Å². The van der Waals surface area contributed by atoms with Crippen molar-refractivity contribution in [1.82, 2.24) is 0 Å². The van der Waals surface area contributed by atoms with Crippen molar-refractivity contribution in [3.63, 3.8) is 0 Å². The fraction of sp³-hybridized carbons (Fsp3) is 0.286. The standard InChI is InChI=1S/C14H14O4/c1-3-18-13(15)6-4-5-11-8-7-10(2)12(9-11)14(16)17/h7-9H,3,6H2,1-2H3,(H,16,17). The number of esters is 1. The Hall–Kier alpha value is -2.28. The zero-order chi connectivity index (χ0) is 13.5. The molecule has 0 aromatic heterocycles. The Morgan fingerprint density at radius 2 is 2.11 bits per heavy atom. The predicted octanol–water partition coefficient (Wildman–Crippen LogP) is 2.00. The van der Waals surface area contributed by atoms with Gasteiger partial charge in [-0.1, -0.05) is 17.9 Å². The Morgan fingerprint density at radius 1 is 1.39 bits per heavy atom. The number of carbonyl (C=O) groups excluding carboxylic acids is 1. The zero-order valence-electron chi connectivity index (χ0n) is 10.3. The van der Waals surface area contributed by atoms with Gasteiger partial charge in [0.1, 0.15) is 6.42 Å². The number of rotatable bonds is 3. The Kier molecular flexibility index (Phi) is 4.94. The predicted molar refractivity (Wildman–Crippen MR) is 66.3 cm³/mol. The second-order valence-electron chi connectivity index (χ2n) is 3.62. The molecule has 0 fully saturated rings. The van der Waals surface area contributed by atoms with Crippen molar-refractivity contribution in [3.8, 4) is 11.8 Å². The van der Waals surface area contributed by atoms with Gasteiger partial charge in [-0.15, -0.1) is 0 Å². The van der Waals surface area contributed by atoms with E-state index in [0.717, 1.165) is 0 Å². The normalized spacial score (nSPS) is 9.22. The van der Waals surface area contributed by atoms with E-state index in [0.29, 0.717) is 17.7 Å². The summed E-state index contributed by atoms with van der Waals surface area (Å²) in [6.45, 7) is 3.78. The smallest absolute Gasteiger partial charge is 0.335 e. The van der Waals surface area contributed by atoms with Crippen molar-refractivity contribution in [3.05, 3.63) is 34.9 Å². The Bertz CT molecular complexity index is 520. The third kappa shape index (κ3) is 3.95. The fourth-order valence-corrected chi connectivity index (χ4v) is 1.36. The van der Waals surface area contributed by atoms with Crippen LogP contribution in [0.5, 0.6) is 0 Å². The summed E-state index contributed by atoms with van der Waals surface area (Å²) in [6, 6.07) is 4.91. The third-order valence-electron chi connectivity index (χ3n) is 2.24. The lowest BCUT2D eigenvalue weighted by Crippen LogP contribution is -2.02. The average Bonchev–Trinajstić information content (AvgIpc) is 2.31. The summed E-state index contributed by atoms with van der Waals surface area (Å²) in [5, 5.41) is 8.95. The van der Waals surface area contributed by atoms with Gasteiger partial charge in [0.15, 0.2) is 0 Å². The highest BCUT2D eigenvalue weighted by atomic mass is 16.5. The minimum absolute atomic E-state index is 0.00409.